The summed E-state index contributed by atoms with van der Waals surface area (Å²) < 4.78 is 13.0. The van der Waals surface area contributed by atoms with E-state index in [2.05, 4.69) is 182 Å². The summed E-state index contributed by atoms with van der Waals surface area (Å²) in [7, 11) is 0. The molecule has 4 aromatic heterocycles. The molecular formula is C68H42N4O2. The highest BCUT2D eigenvalue weighted by Gasteiger charge is 2.18. The molecule has 0 radical (unpaired) electrons. The smallest absolute Gasteiger partial charge is 0.160 e. The molecule has 10 aromatic carbocycles. The summed E-state index contributed by atoms with van der Waals surface area (Å²) in [5, 5.41) is 4.35. The molecule has 0 bridgehead atoms. The summed E-state index contributed by atoms with van der Waals surface area (Å²) in [5.41, 5.74) is 19.2. The van der Waals surface area contributed by atoms with Gasteiger partial charge >= 0.3 is 0 Å². The van der Waals surface area contributed by atoms with E-state index in [0.29, 0.717) is 11.6 Å². The SMILES string of the molecule is c1ccc(-c2cc(-c3cccc(-c4cccc5c4oc4ccc(-c6ccc(-c7cc(-c8cccc(-c9ccc%10c(c9)oc9ccccc9%10)c8)nc(-c8ccccc8)n7)cc6)cc45)c3)nc(-c3ccccc3)n2)cc1. The molecule has 14 rings (SSSR count). The van der Waals surface area contributed by atoms with E-state index in [1.807, 2.05) is 72.8 Å². The van der Waals surface area contributed by atoms with Crippen LogP contribution in [0.25, 0.3) is 145 Å². The third-order valence-electron chi connectivity index (χ3n) is 13.9. The second kappa shape index (κ2) is 18.0. The molecule has 0 N–H and O–H groups in total. The Morgan fingerprint density at radius 2 is 0.649 bits per heavy atom. The first-order valence-corrected chi connectivity index (χ1v) is 24.8. The predicted octanol–water partition coefficient (Wildman–Crippen LogP) is 18.1. The molecule has 0 aliphatic carbocycles. The molecule has 0 saturated heterocycles. The molecule has 0 aliphatic heterocycles. The van der Waals surface area contributed by atoms with Crippen LogP contribution in [-0.4, -0.2) is 19.9 Å². The number of furan rings is 2. The Hall–Kier alpha value is -10.0. The van der Waals surface area contributed by atoms with Crippen molar-refractivity contribution < 1.29 is 8.83 Å². The molecular weight excluding hydrogens is 905 g/mol. The standard InChI is InChI=1S/C68H42N4O2/c1-4-15-44(16-5-1)59-41-62(72-67(69-59)46-17-6-2-7-18-46)53-24-13-22-51(38-53)54-26-14-27-57-58-39-49(34-36-64(58)74-66(54)57)43-29-31-45(32-30-43)60-42-61(71-68(70-60)47-19-8-3-9-20-47)52-23-12-21-48(37-52)50-33-35-56-55-25-10-11-28-63(55)73-65(56)40-50/h1-42H. The van der Waals surface area contributed by atoms with E-state index in [9.17, 15) is 0 Å². The Labute approximate surface area is 426 Å². The molecule has 346 valence electrons. The van der Waals surface area contributed by atoms with Gasteiger partial charge in [0.15, 0.2) is 11.6 Å². The maximum Gasteiger partial charge on any atom is 0.160 e. The van der Waals surface area contributed by atoms with Crippen LogP contribution in [0.1, 0.15) is 0 Å². The first kappa shape index (κ1) is 42.8. The minimum absolute atomic E-state index is 0.670. The van der Waals surface area contributed by atoms with Crippen LogP contribution in [0.3, 0.4) is 0 Å². The van der Waals surface area contributed by atoms with Gasteiger partial charge in [-0.15, -0.1) is 0 Å². The van der Waals surface area contributed by atoms with E-state index in [-0.39, 0.29) is 0 Å². The molecule has 74 heavy (non-hydrogen) atoms. The number of fused-ring (bicyclic) bond motifs is 6. The van der Waals surface area contributed by atoms with E-state index < -0.39 is 0 Å². The van der Waals surface area contributed by atoms with Crippen molar-refractivity contribution in [2.75, 3.05) is 0 Å². The number of rotatable bonds is 9. The van der Waals surface area contributed by atoms with Gasteiger partial charge in [0.25, 0.3) is 0 Å². The molecule has 0 aliphatic rings. The zero-order valence-corrected chi connectivity index (χ0v) is 39.9. The number of benzene rings is 10. The molecule has 0 spiro atoms. The fraction of sp³-hybridized carbons (Fsp3) is 0. The minimum Gasteiger partial charge on any atom is -0.456 e. The summed E-state index contributed by atoms with van der Waals surface area (Å²) in [6.07, 6.45) is 0. The molecule has 6 heteroatoms. The molecule has 0 unspecified atom stereocenters. The maximum absolute atomic E-state index is 6.72. The lowest BCUT2D eigenvalue weighted by Crippen LogP contribution is -1.96. The van der Waals surface area contributed by atoms with Crippen LogP contribution in [-0.2, 0) is 0 Å². The van der Waals surface area contributed by atoms with Crippen LogP contribution < -0.4 is 0 Å². The quantitative estimate of drug-likeness (QED) is 0.143. The zero-order valence-electron chi connectivity index (χ0n) is 39.9. The van der Waals surface area contributed by atoms with Crippen molar-refractivity contribution in [1.82, 2.24) is 19.9 Å². The van der Waals surface area contributed by atoms with Gasteiger partial charge in [0.2, 0.25) is 0 Å². The molecule has 0 saturated carbocycles. The highest BCUT2D eigenvalue weighted by molar-refractivity contribution is 6.11. The van der Waals surface area contributed by atoms with Gasteiger partial charge in [-0.1, -0.05) is 200 Å². The first-order valence-electron chi connectivity index (χ1n) is 24.8. The minimum atomic E-state index is 0.670. The Morgan fingerprint density at radius 1 is 0.216 bits per heavy atom. The van der Waals surface area contributed by atoms with Gasteiger partial charge in [-0.25, -0.2) is 19.9 Å². The number of nitrogens with zero attached hydrogens (tertiary/aromatic N) is 4. The summed E-state index contributed by atoms with van der Waals surface area (Å²) in [6, 6.07) is 88.0. The topological polar surface area (TPSA) is 77.8 Å². The highest BCUT2D eigenvalue weighted by Crippen LogP contribution is 2.40. The maximum atomic E-state index is 6.72. The van der Waals surface area contributed by atoms with Crippen LogP contribution in [0.15, 0.2) is 264 Å². The lowest BCUT2D eigenvalue weighted by atomic mass is 9.97. The number of hydrogen-bond donors (Lipinski definition) is 0. The van der Waals surface area contributed by atoms with Crippen molar-refractivity contribution in [3.05, 3.63) is 255 Å². The Bertz CT molecular complexity index is 4350. The van der Waals surface area contributed by atoms with Crippen molar-refractivity contribution in [3.63, 3.8) is 0 Å². The summed E-state index contributed by atoms with van der Waals surface area (Å²) in [5.74, 6) is 1.35. The number of hydrogen-bond acceptors (Lipinski definition) is 6. The van der Waals surface area contributed by atoms with Crippen LogP contribution in [0.5, 0.6) is 0 Å². The summed E-state index contributed by atoms with van der Waals surface area (Å²) in [6.45, 7) is 0. The second-order valence-electron chi connectivity index (χ2n) is 18.6. The molecule has 0 fully saturated rings. The van der Waals surface area contributed by atoms with Crippen LogP contribution in [0.4, 0.5) is 0 Å². The normalized spacial score (nSPS) is 11.5. The monoisotopic (exact) mass is 946 g/mol. The van der Waals surface area contributed by atoms with Gasteiger partial charge < -0.3 is 8.83 Å². The number of aromatic nitrogens is 4. The highest BCUT2D eigenvalue weighted by atomic mass is 16.3. The van der Waals surface area contributed by atoms with Crippen molar-refractivity contribution in [1.29, 1.82) is 0 Å². The van der Waals surface area contributed by atoms with Crippen LogP contribution in [0, 0.1) is 0 Å². The van der Waals surface area contributed by atoms with Crippen LogP contribution in [0.2, 0.25) is 0 Å². The average Bonchev–Trinajstić information content (AvgIpc) is 4.06. The summed E-state index contributed by atoms with van der Waals surface area (Å²) in [4.78, 5) is 20.4. The van der Waals surface area contributed by atoms with Gasteiger partial charge in [-0.05, 0) is 82.4 Å². The molecule has 14 aromatic rings. The van der Waals surface area contributed by atoms with E-state index >= 15 is 0 Å². The average molecular weight is 947 g/mol. The largest absolute Gasteiger partial charge is 0.456 e. The van der Waals surface area contributed by atoms with Gasteiger partial charge in [0.05, 0.1) is 22.8 Å². The van der Waals surface area contributed by atoms with E-state index in [1.165, 1.54) is 0 Å². The Balaban J connectivity index is 0.787. The molecule has 4 heterocycles. The van der Waals surface area contributed by atoms with Crippen molar-refractivity contribution in [2.45, 2.75) is 0 Å². The lowest BCUT2D eigenvalue weighted by Gasteiger charge is -2.11. The Kier molecular flexibility index (Phi) is 10.4. The Morgan fingerprint density at radius 3 is 1.32 bits per heavy atom. The van der Waals surface area contributed by atoms with E-state index in [4.69, 9.17) is 28.8 Å². The van der Waals surface area contributed by atoms with E-state index in [1.54, 1.807) is 0 Å². The van der Waals surface area contributed by atoms with Crippen LogP contribution >= 0.6 is 0 Å². The van der Waals surface area contributed by atoms with E-state index in [0.717, 1.165) is 133 Å². The third kappa shape index (κ3) is 7.88. The fourth-order valence-corrected chi connectivity index (χ4v) is 10.2. The molecule has 0 atom stereocenters. The second-order valence-corrected chi connectivity index (χ2v) is 18.6. The van der Waals surface area contributed by atoms with Gasteiger partial charge in [0, 0.05) is 60.5 Å². The molecule has 6 nitrogen and oxygen atoms in total. The van der Waals surface area contributed by atoms with Crippen molar-refractivity contribution in [3.8, 4) is 101 Å². The lowest BCUT2D eigenvalue weighted by molar-refractivity contribution is 0.669. The predicted molar refractivity (Wildman–Crippen MR) is 301 cm³/mol. The van der Waals surface area contributed by atoms with Crippen molar-refractivity contribution in [2.24, 2.45) is 0 Å². The molecule has 0 amide bonds. The van der Waals surface area contributed by atoms with Crippen molar-refractivity contribution >= 4 is 43.9 Å². The van der Waals surface area contributed by atoms with Gasteiger partial charge in [0.1, 0.15) is 22.3 Å². The number of para-hydroxylation sites is 2. The van der Waals surface area contributed by atoms with Gasteiger partial charge in [-0.2, -0.15) is 0 Å². The third-order valence-corrected chi connectivity index (χ3v) is 13.9. The fourth-order valence-electron chi connectivity index (χ4n) is 10.2. The first-order chi connectivity index (χ1) is 36.6. The summed E-state index contributed by atoms with van der Waals surface area (Å²) >= 11 is 0. The van der Waals surface area contributed by atoms with Gasteiger partial charge in [-0.3, -0.25) is 0 Å². The zero-order chi connectivity index (χ0) is 49.0.